The number of nitrogens with zero attached hydrogens (tertiary/aromatic N) is 5. The van der Waals surface area contributed by atoms with Crippen molar-refractivity contribution in [2.24, 2.45) is 7.05 Å². The van der Waals surface area contributed by atoms with Gasteiger partial charge in [0, 0.05) is 29.1 Å². The molecule has 8 nitrogen and oxygen atoms in total. The van der Waals surface area contributed by atoms with Gasteiger partial charge in [0.05, 0.1) is 11.4 Å². The fourth-order valence-corrected chi connectivity index (χ4v) is 3.68. The summed E-state index contributed by atoms with van der Waals surface area (Å²) in [5, 5.41) is 10.1. The summed E-state index contributed by atoms with van der Waals surface area (Å²) in [5.41, 5.74) is 4.47. The number of carbonyl (C=O) groups excluding carboxylic acids is 1. The minimum absolute atomic E-state index is 0.0279. The lowest BCUT2D eigenvalue weighted by atomic mass is 10.1. The highest BCUT2D eigenvalue weighted by Crippen LogP contribution is 2.28. The zero-order chi connectivity index (χ0) is 21.3. The first-order chi connectivity index (χ1) is 14.4. The summed E-state index contributed by atoms with van der Waals surface area (Å²) in [6, 6.07) is 12.9. The van der Waals surface area contributed by atoms with Crippen molar-refractivity contribution >= 4 is 17.1 Å². The van der Waals surface area contributed by atoms with Crippen molar-refractivity contribution in [1.82, 2.24) is 24.8 Å². The molecule has 0 unspecified atom stereocenters. The van der Waals surface area contributed by atoms with Crippen molar-refractivity contribution in [3.8, 4) is 22.1 Å². The normalized spacial score (nSPS) is 10.9. The molecular weight excluding hydrogens is 402 g/mol. The topological polar surface area (TPSA) is 91.9 Å². The van der Waals surface area contributed by atoms with Gasteiger partial charge in [0.2, 0.25) is 0 Å². The van der Waals surface area contributed by atoms with E-state index in [1.54, 1.807) is 26.1 Å². The number of hydrogen-bond acceptors (Lipinski definition) is 7. The van der Waals surface area contributed by atoms with Crippen LogP contribution in [0.25, 0.3) is 16.9 Å². The third kappa shape index (κ3) is 3.79. The van der Waals surface area contributed by atoms with Crippen molar-refractivity contribution in [2.75, 3.05) is 0 Å². The lowest BCUT2D eigenvalue weighted by molar-refractivity contribution is 0.101. The Balaban J connectivity index is 1.56. The molecule has 0 radical (unpaired) electrons. The van der Waals surface area contributed by atoms with Crippen molar-refractivity contribution in [2.45, 2.75) is 20.5 Å². The molecule has 0 N–H and O–H groups in total. The summed E-state index contributed by atoms with van der Waals surface area (Å²) in [5.74, 6) is 0.0279. The van der Waals surface area contributed by atoms with E-state index in [-0.39, 0.29) is 18.1 Å². The number of aromatic nitrogens is 5. The van der Waals surface area contributed by atoms with Crippen molar-refractivity contribution in [3.63, 3.8) is 0 Å². The van der Waals surface area contributed by atoms with Gasteiger partial charge in [-0.25, -0.2) is 9.78 Å². The maximum Gasteiger partial charge on any atom is 0.368 e. The Morgan fingerprint density at radius 2 is 1.90 bits per heavy atom. The number of tetrazole rings is 1. The van der Waals surface area contributed by atoms with Gasteiger partial charge < -0.3 is 4.74 Å². The summed E-state index contributed by atoms with van der Waals surface area (Å²) in [7, 11) is 1.55. The fourth-order valence-electron chi connectivity index (χ4n) is 3.00. The summed E-state index contributed by atoms with van der Waals surface area (Å²) in [6.45, 7) is 3.73. The molecule has 2 heterocycles. The Morgan fingerprint density at radius 1 is 1.13 bits per heavy atom. The Morgan fingerprint density at radius 3 is 2.57 bits per heavy atom. The van der Waals surface area contributed by atoms with Crippen molar-refractivity contribution in [3.05, 3.63) is 75.0 Å². The number of benzene rings is 2. The average molecular weight is 421 g/mol. The van der Waals surface area contributed by atoms with Gasteiger partial charge in [-0.15, -0.1) is 0 Å². The molecule has 0 aliphatic heterocycles. The van der Waals surface area contributed by atoms with Gasteiger partial charge in [-0.3, -0.25) is 4.79 Å². The molecule has 0 spiro atoms. The number of ketones is 1. The van der Waals surface area contributed by atoms with Crippen LogP contribution in [0.1, 0.15) is 28.4 Å². The molecular formula is C21H19N5O3S. The Hall–Kier alpha value is -3.59. The second-order valence-electron chi connectivity index (χ2n) is 6.79. The van der Waals surface area contributed by atoms with Crippen LogP contribution in [-0.4, -0.2) is 30.6 Å². The zero-order valence-electron chi connectivity index (χ0n) is 16.7. The van der Waals surface area contributed by atoms with Crippen LogP contribution in [0.4, 0.5) is 0 Å². The first kappa shape index (κ1) is 19.7. The molecule has 4 aromatic rings. The van der Waals surface area contributed by atoms with Crippen LogP contribution in [0.15, 0.2) is 52.6 Å². The zero-order valence-corrected chi connectivity index (χ0v) is 17.5. The molecule has 152 valence electrons. The molecule has 0 fully saturated rings. The van der Waals surface area contributed by atoms with Gasteiger partial charge in [0.1, 0.15) is 6.61 Å². The first-order valence-corrected chi connectivity index (χ1v) is 10.1. The quantitative estimate of drug-likeness (QED) is 0.444. The number of rotatable bonds is 6. The Labute approximate surface area is 176 Å². The van der Waals surface area contributed by atoms with E-state index < -0.39 is 0 Å². The lowest BCUT2D eigenvalue weighted by Crippen LogP contribution is -2.23. The molecule has 0 saturated heterocycles. The predicted molar refractivity (Wildman–Crippen MR) is 113 cm³/mol. The molecule has 2 aromatic carbocycles. The molecule has 30 heavy (non-hydrogen) atoms. The van der Waals surface area contributed by atoms with Crippen LogP contribution in [0, 0.1) is 6.92 Å². The highest BCUT2D eigenvalue weighted by Gasteiger charge is 2.14. The lowest BCUT2D eigenvalue weighted by Gasteiger charge is -2.11. The van der Waals surface area contributed by atoms with E-state index in [1.165, 1.54) is 20.7 Å². The van der Waals surface area contributed by atoms with Crippen molar-refractivity contribution in [1.29, 1.82) is 0 Å². The van der Waals surface area contributed by atoms with E-state index in [4.69, 9.17) is 4.74 Å². The SMILES string of the molecule is CC(=O)c1ccc(-c2csc(OCc3c(C)cccc3-n3nnn(C)c3=O)n2)cc1. The molecule has 0 amide bonds. The van der Waals surface area contributed by atoms with E-state index in [9.17, 15) is 9.59 Å². The predicted octanol–water partition coefficient (Wildman–Crippen LogP) is 3.18. The smallest absolute Gasteiger partial charge is 0.368 e. The van der Waals surface area contributed by atoms with Gasteiger partial charge in [-0.2, -0.15) is 9.36 Å². The second-order valence-corrected chi connectivity index (χ2v) is 7.61. The number of Topliss-reactive ketones (excluding diaryl/α,β-unsaturated/α-hetero) is 1. The van der Waals surface area contributed by atoms with Crippen LogP contribution in [0.5, 0.6) is 5.19 Å². The average Bonchev–Trinajstić information content (AvgIpc) is 3.34. The molecule has 0 aliphatic rings. The number of aryl methyl sites for hydroxylation is 2. The maximum atomic E-state index is 12.3. The third-order valence-corrected chi connectivity index (χ3v) is 5.50. The number of thiazole rings is 1. The summed E-state index contributed by atoms with van der Waals surface area (Å²) >= 11 is 1.39. The van der Waals surface area contributed by atoms with Crippen LogP contribution in [0.3, 0.4) is 0 Å². The van der Waals surface area contributed by atoms with Crippen LogP contribution in [-0.2, 0) is 13.7 Å². The standard InChI is InChI=1S/C21H19N5O3S/c1-13-5-4-6-19(26-21(28)25(3)23-24-26)17(13)11-29-20-22-18(12-30-20)16-9-7-15(8-10-16)14(2)27/h4-10,12H,11H2,1-3H3. The Bertz CT molecular complexity index is 1270. The third-order valence-electron chi connectivity index (χ3n) is 4.75. The van der Waals surface area contributed by atoms with Gasteiger partial charge in [-0.05, 0) is 35.9 Å². The van der Waals surface area contributed by atoms with Crippen LogP contribution in [0.2, 0.25) is 0 Å². The first-order valence-electron chi connectivity index (χ1n) is 9.21. The van der Waals surface area contributed by atoms with E-state index in [2.05, 4.69) is 15.4 Å². The van der Waals surface area contributed by atoms with E-state index in [0.29, 0.717) is 16.4 Å². The van der Waals surface area contributed by atoms with Gasteiger partial charge in [0.15, 0.2) is 5.78 Å². The summed E-state index contributed by atoms with van der Waals surface area (Å²) in [4.78, 5) is 28.2. The number of ether oxygens (including phenoxy) is 1. The van der Waals surface area contributed by atoms with E-state index in [1.807, 2.05) is 42.6 Å². The highest BCUT2D eigenvalue weighted by atomic mass is 32.1. The van der Waals surface area contributed by atoms with E-state index >= 15 is 0 Å². The molecule has 0 atom stereocenters. The number of hydrogen-bond donors (Lipinski definition) is 0. The molecule has 0 aliphatic carbocycles. The molecule has 0 saturated carbocycles. The second kappa shape index (κ2) is 8.03. The maximum absolute atomic E-state index is 12.3. The fraction of sp³-hybridized carbons (Fsp3) is 0.190. The molecule has 2 aromatic heterocycles. The largest absolute Gasteiger partial charge is 0.465 e. The molecule has 9 heteroatoms. The number of carbonyl (C=O) groups is 1. The van der Waals surface area contributed by atoms with Gasteiger partial charge in [-0.1, -0.05) is 47.7 Å². The van der Waals surface area contributed by atoms with Crippen LogP contribution >= 0.6 is 11.3 Å². The Kier molecular flexibility index (Phi) is 5.28. The summed E-state index contributed by atoms with van der Waals surface area (Å²) in [6.07, 6.45) is 0. The molecule has 4 rings (SSSR count). The van der Waals surface area contributed by atoms with E-state index in [0.717, 1.165) is 22.4 Å². The minimum atomic E-state index is -0.326. The summed E-state index contributed by atoms with van der Waals surface area (Å²) < 4.78 is 8.37. The molecule has 0 bridgehead atoms. The van der Waals surface area contributed by atoms with Gasteiger partial charge >= 0.3 is 5.69 Å². The minimum Gasteiger partial charge on any atom is -0.465 e. The van der Waals surface area contributed by atoms with Gasteiger partial charge in [0.25, 0.3) is 5.19 Å². The highest BCUT2D eigenvalue weighted by molar-refractivity contribution is 7.11. The van der Waals surface area contributed by atoms with Crippen LogP contribution < -0.4 is 10.4 Å². The monoisotopic (exact) mass is 421 g/mol. The van der Waals surface area contributed by atoms with Crippen molar-refractivity contribution < 1.29 is 9.53 Å².